The standard InChI is InChI=1S/C21H24Cl2N2O2/c1-14-7-9-25(10-8-14)20-6-3-16(12-19(20)23)24-21(26)13-27-17-4-5-18(22)15(2)11-17/h3-6,11-12,14H,7-10,13H2,1-2H3,(H,24,26). The Morgan fingerprint density at radius 3 is 2.56 bits per heavy atom. The Hall–Kier alpha value is -1.91. The van der Waals surface area contributed by atoms with E-state index in [1.54, 1.807) is 24.3 Å². The first-order valence-corrected chi connectivity index (χ1v) is 9.91. The molecule has 144 valence electrons. The fourth-order valence-electron chi connectivity index (χ4n) is 3.14. The Morgan fingerprint density at radius 1 is 1.15 bits per heavy atom. The maximum Gasteiger partial charge on any atom is 0.262 e. The van der Waals surface area contributed by atoms with Gasteiger partial charge in [-0.25, -0.2) is 0 Å². The summed E-state index contributed by atoms with van der Waals surface area (Å²) in [5, 5.41) is 4.14. The van der Waals surface area contributed by atoms with Crippen molar-refractivity contribution >= 4 is 40.5 Å². The summed E-state index contributed by atoms with van der Waals surface area (Å²) in [6.45, 7) is 6.12. The van der Waals surface area contributed by atoms with Crippen LogP contribution in [0, 0.1) is 12.8 Å². The molecule has 1 amide bonds. The van der Waals surface area contributed by atoms with Crippen LogP contribution >= 0.6 is 23.2 Å². The van der Waals surface area contributed by atoms with Crippen LogP contribution in [0.2, 0.25) is 10.0 Å². The van der Waals surface area contributed by atoms with E-state index in [9.17, 15) is 4.79 Å². The number of halogens is 2. The molecule has 0 spiro atoms. The van der Waals surface area contributed by atoms with E-state index in [1.807, 2.05) is 19.1 Å². The van der Waals surface area contributed by atoms with Crippen LogP contribution in [-0.4, -0.2) is 25.6 Å². The Balaban J connectivity index is 1.56. The predicted molar refractivity (Wildman–Crippen MR) is 112 cm³/mol. The summed E-state index contributed by atoms with van der Waals surface area (Å²) in [5.74, 6) is 1.14. The number of carbonyl (C=O) groups excluding carboxylic acids is 1. The highest BCUT2D eigenvalue weighted by atomic mass is 35.5. The normalized spacial score (nSPS) is 14.9. The van der Waals surface area contributed by atoms with Gasteiger partial charge in [0, 0.05) is 23.8 Å². The molecule has 1 aliphatic rings. The van der Waals surface area contributed by atoms with Gasteiger partial charge in [-0.1, -0.05) is 30.1 Å². The molecule has 4 nitrogen and oxygen atoms in total. The van der Waals surface area contributed by atoms with Crippen molar-refractivity contribution in [3.63, 3.8) is 0 Å². The molecule has 0 atom stereocenters. The monoisotopic (exact) mass is 406 g/mol. The van der Waals surface area contributed by atoms with E-state index < -0.39 is 0 Å². The molecule has 0 aliphatic carbocycles. The molecule has 0 aromatic heterocycles. The molecule has 3 rings (SSSR count). The number of nitrogens with one attached hydrogen (secondary N) is 1. The van der Waals surface area contributed by atoms with E-state index >= 15 is 0 Å². The third kappa shape index (κ3) is 5.30. The van der Waals surface area contributed by atoms with Gasteiger partial charge in [0.2, 0.25) is 0 Å². The lowest BCUT2D eigenvalue weighted by Gasteiger charge is -2.32. The fourth-order valence-corrected chi connectivity index (χ4v) is 3.56. The molecular formula is C21H24Cl2N2O2. The summed E-state index contributed by atoms with van der Waals surface area (Å²) in [7, 11) is 0. The zero-order chi connectivity index (χ0) is 19.4. The maximum absolute atomic E-state index is 12.2. The zero-order valence-corrected chi connectivity index (χ0v) is 17.1. The van der Waals surface area contributed by atoms with Crippen molar-refractivity contribution < 1.29 is 9.53 Å². The molecule has 0 saturated carbocycles. The lowest BCUT2D eigenvalue weighted by Crippen LogP contribution is -2.32. The second kappa shape index (κ2) is 8.85. The van der Waals surface area contributed by atoms with Crippen molar-refractivity contribution in [2.75, 3.05) is 29.9 Å². The lowest BCUT2D eigenvalue weighted by atomic mass is 9.99. The number of ether oxygens (including phenoxy) is 1. The molecule has 1 heterocycles. The molecule has 6 heteroatoms. The predicted octanol–water partition coefficient (Wildman–Crippen LogP) is 5.56. The third-order valence-electron chi connectivity index (χ3n) is 4.86. The largest absolute Gasteiger partial charge is 0.484 e. The van der Waals surface area contributed by atoms with Gasteiger partial charge < -0.3 is 15.0 Å². The average Bonchev–Trinajstić information content (AvgIpc) is 2.64. The van der Waals surface area contributed by atoms with Gasteiger partial charge in [0.25, 0.3) is 5.91 Å². The van der Waals surface area contributed by atoms with Crippen LogP contribution in [0.3, 0.4) is 0 Å². The Labute approximate surface area is 170 Å². The summed E-state index contributed by atoms with van der Waals surface area (Å²) in [5.41, 5.74) is 2.59. The zero-order valence-electron chi connectivity index (χ0n) is 15.6. The van der Waals surface area contributed by atoms with Gasteiger partial charge in [0.15, 0.2) is 6.61 Å². The Kier molecular flexibility index (Phi) is 6.51. The maximum atomic E-state index is 12.2. The SMILES string of the molecule is Cc1cc(OCC(=O)Nc2ccc(N3CCC(C)CC3)c(Cl)c2)ccc1Cl. The minimum absolute atomic E-state index is 0.0789. The summed E-state index contributed by atoms with van der Waals surface area (Å²) >= 11 is 12.4. The van der Waals surface area contributed by atoms with Crippen LogP contribution in [0.5, 0.6) is 5.75 Å². The fraction of sp³-hybridized carbons (Fsp3) is 0.381. The number of amides is 1. The van der Waals surface area contributed by atoms with E-state index in [-0.39, 0.29) is 12.5 Å². The van der Waals surface area contributed by atoms with Crippen molar-refractivity contribution in [3.8, 4) is 5.75 Å². The minimum Gasteiger partial charge on any atom is -0.484 e. The molecule has 2 aromatic carbocycles. The molecule has 2 aromatic rings. The van der Waals surface area contributed by atoms with Gasteiger partial charge in [0.05, 0.1) is 10.7 Å². The highest BCUT2D eigenvalue weighted by Gasteiger charge is 2.18. The number of rotatable bonds is 5. The summed E-state index contributed by atoms with van der Waals surface area (Å²) in [6.07, 6.45) is 2.35. The van der Waals surface area contributed by atoms with E-state index in [2.05, 4.69) is 17.1 Å². The molecule has 0 radical (unpaired) electrons. The number of hydrogen-bond donors (Lipinski definition) is 1. The Bertz CT molecular complexity index is 818. The van der Waals surface area contributed by atoms with E-state index in [0.717, 1.165) is 30.3 Å². The highest BCUT2D eigenvalue weighted by Crippen LogP contribution is 2.31. The van der Waals surface area contributed by atoms with Gasteiger partial charge in [-0.05, 0) is 67.6 Å². The highest BCUT2D eigenvalue weighted by molar-refractivity contribution is 6.33. The van der Waals surface area contributed by atoms with Crippen LogP contribution in [0.4, 0.5) is 11.4 Å². The van der Waals surface area contributed by atoms with Crippen LogP contribution in [0.25, 0.3) is 0 Å². The van der Waals surface area contributed by atoms with Crippen molar-refractivity contribution in [1.82, 2.24) is 0 Å². The van der Waals surface area contributed by atoms with Crippen molar-refractivity contribution in [1.29, 1.82) is 0 Å². The van der Waals surface area contributed by atoms with E-state index in [0.29, 0.717) is 21.5 Å². The quantitative estimate of drug-likeness (QED) is 0.706. The van der Waals surface area contributed by atoms with E-state index in [4.69, 9.17) is 27.9 Å². The summed E-state index contributed by atoms with van der Waals surface area (Å²) in [4.78, 5) is 14.5. The number of anilines is 2. The second-order valence-corrected chi connectivity index (χ2v) is 7.90. The van der Waals surface area contributed by atoms with Crippen molar-refractivity contribution in [2.24, 2.45) is 5.92 Å². The number of hydrogen-bond acceptors (Lipinski definition) is 3. The molecule has 1 aliphatic heterocycles. The van der Waals surface area contributed by atoms with Crippen LogP contribution in [-0.2, 0) is 4.79 Å². The number of piperidine rings is 1. The molecule has 1 fully saturated rings. The first-order valence-electron chi connectivity index (χ1n) is 9.15. The first kappa shape index (κ1) is 19.8. The molecule has 27 heavy (non-hydrogen) atoms. The second-order valence-electron chi connectivity index (χ2n) is 7.08. The molecule has 1 N–H and O–H groups in total. The van der Waals surface area contributed by atoms with Gasteiger partial charge in [0.1, 0.15) is 5.75 Å². The molecular weight excluding hydrogens is 383 g/mol. The van der Waals surface area contributed by atoms with Crippen LogP contribution < -0.4 is 15.0 Å². The molecule has 0 unspecified atom stereocenters. The first-order chi connectivity index (χ1) is 12.9. The number of carbonyl (C=O) groups is 1. The summed E-state index contributed by atoms with van der Waals surface area (Å²) in [6, 6.07) is 10.9. The lowest BCUT2D eigenvalue weighted by molar-refractivity contribution is -0.118. The van der Waals surface area contributed by atoms with E-state index in [1.165, 1.54) is 12.8 Å². The Morgan fingerprint density at radius 2 is 1.89 bits per heavy atom. The average molecular weight is 407 g/mol. The third-order valence-corrected chi connectivity index (χ3v) is 5.58. The van der Waals surface area contributed by atoms with Gasteiger partial charge in [-0.3, -0.25) is 4.79 Å². The molecule has 0 bridgehead atoms. The smallest absolute Gasteiger partial charge is 0.262 e. The van der Waals surface area contributed by atoms with Gasteiger partial charge in [-0.15, -0.1) is 0 Å². The van der Waals surface area contributed by atoms with Crippen LogP contribution in [0.1, 0.15) is 25.3 Å². The molecule has 1 saturated heterocycles. The van der Waals surface area contributed by atoms with Gasteiger partial charge >= 0.3 is 0 Å². The minimum atomic E-state index is -0.238. The number of aryl methyl sites for hydroxylation is 1. The van der Waals surface area contributed by atoms with Gasteiger partial charge in [-0.2, -0.15) is 0 Å². The number of nitrogens with zero attached hydrogens (tertiary/aromatic N) is 1. The summed E-state index contributed by atoms with van der Waals surface area (Å²) < 4.78 is 5.52. The van der Waals surface area contributed by atoms with Crippen molar-refractivity contribution in [3.05, 3.63) is 52.0 Å². The van der Waals surface area contributed by atoms with Crippen LogP contribution in [0.15, 0.2) is 36.4 Å². The number of benzene rings is 2. The van der Waals surface area contributed by atoms with Crippen molar-refractivity contribution in [2.45, 2.75) is 26.7 Å². The topological polar surface area (TPSA) is 41.6 Å².